The Balaban J connectivity index is 2.02. The number of carbonyl (C=O) groups excluding carboxylic acids is 2. The van der Waals surface area contributed by atoms with E-state index in [9.17, 15) is 9.59 Å². The summed E-state index contributed by atoms with van der Waals surface area (Å²) in [7, 11) is 0. The highest BCUT2D eigenvalue weighted by atomic mass is 35.5. The Labute approximate surface area is 108 Å². The second kappa shape index (κ2) is 3.88. The first kappa shape index (κ1) is 11.3. The summed E-state index contributed by atoms with van der Waals surface area (Å²) >= 11 is 5.88. The van der Waals surface area contributed by atoms with Gasteiger partial charge in [0.05, 0.1) is 17.6 Å². The van der Waals surface area contributed by atoms with Gasteiger partial charge in [0.15, 0.2) is 6.04 Å². The molecule has 1 saturated heterocycles. The second-order valence-electron chi connectivity index (χ2n) is 4.43. The average molecular weight is 264 g/mol. The molecule has 2 heterocycles. The number of rotatable bonds is 1. The van der Waals surface area contributed by atoms with E-state index in [1.165, 1.54) is 0 Å². The quantitative estimate of drug-likeness (QED) is 0.728. The minimum Gasteiger partial charge on any atom is -0.274 e. The van der Waals surface area contributed by atoms with Crippen molar-refractivity contribution >= 4 is 29.1 Å². The van der Waals surface area contributed by atoms with Crippen molar-refractivity contribution < 1.29 is 9.59 Å². The summed E-state index contributed by atoms with van der Waals surface area (Å²) in [4.78, 5) is 25.6. The van der Waals surface area contributed by atoms with E-state index in [2.05, 4.69) is 10.2 Å². The Morgan fingerprint density at radius 2 is 2.00 bits per heavy atom. The molecular weight excluding hydrogens is 254 g/mol. The maximum absolute atomic E-state index is 12.3. The van der Waals surface area contributed by atoms with Crippen LogP contribution in [0.4, 0.5) is 5.69 Å². The van der Waals surface area contributed by atoms with Crippen LogP contribution < -0.4 is 4.90 Å². The molecule has 0 aliphatic carbocycles. The van der Waals surface area contributed by atoms with Gasteiger partial charge in [0.2, 0.25) is 5.91 Å². The molecule has 18 heavy (non-hydrogen) atoms. The minimum absolute atomic E-state index is 0.240. The van der Waals surface area contributed by atoms with Crippen molar-refractivity contribution in [2.24, 2.45) is 16.1 Å². The Bertz CT molecular complexity index is 572. The highest BCUT2D eigenvalue weighted by molar-refractivity contribution is 6.31. The fourth-order valence-corrected chi connectivity index (χ4v) is 2.57. The molecule has 0 radical (unpaired) electrons. The summed E-state index contributed by atoms with van der Waals surface area (Å²) in [5.74, 6) is -1.03. The molecule has 2 amide bonds. The van der Waals surface area contributed by atoms with Gasteiger partial charge in [0.1, 0.15) is 0 Å². The van der Waals surface area contributed by atoms with Gasteiger partial charge in [-0.25, -0.2) is 4.90 Å². The summed E-state index contributed by atoms with van der Waals surface area (Å²) in [5.41, 5.74) is 0.495. The van der Waals surface area contributed by atoms with Crippen molar-refractivity contribution in [3.63, 3.8) is 0 Å². The number of fused-ring (bicyclic) bond motifs is 1. The Morgan fingerprint density at radius 3 is 2.67 bits per heavy atom. The lowest BCUT2D eigenvalue weighted by Crippen LogP contribution is -2.32. The van der Waals surface area contributed by atoms with E-state index in [1.54, 1.807) is 31.2 Å². The predicted octanol–water partition coefficient (Wildman–Crippen LogP) is 2.05. The molecule has 5 nitrogen and oxygen atoms in total. The standard InChI is InChI=1S/C12H10ClN3O2/c1-6-9-10(15-14-6)12(18)16(11(9)17)8-4-2-3-7(13)5-8/h2-6,9-10H,1H3. The fourth-order valence-electron chi connectivity index (χ4n) is 2.39. The SMILES string of the molecule is CC1N=NC2C(=O)N(c3cccc(Cl)c3)C(=O)C12. The van der Waals surface area contributed by atoms with Crippen LogP contribution in [0.1, 0.15) is 6.92 Å². The van der Waals surface area contributed by atoms with E-state index >= 15 is 0 Å². The maximum atomic E-state index is 12.3. The number of carbonyl (C=O) groups is 2. The zero-order valence-electron chi connectivity index (χ0n) is 9.58. The number of nitrogens with zero attached hydrogens (tertiary/aromatic N) is 3. The molecule has 1 aromatic carbocycles. The summed E-state index contributed by atoms with van der Waals surface area (Å²) < 4.78 is 0. The predicted molar refractivity (Wildman–Crippen MR) is 65.5 cm³/mol. The van der Waals surface area contributed by atoms with Crippen LogP contribution in [-0.4, -0.2) is 23.9 Å². The minimum atomic E-state index is -0.661. The van der Waals surface area contributed by atoms with Gasteiger partial charge in [0.25, 0.3) is 5.91 Å². The van der Waals surface area contributed by atoms with Gasteiger partial charge in [-0.15, -0.1) is 0 Å². The van der Waals surface area contributed by atoms with Crippen molar-refractivity contribution in [1.82, 2.24) is 0 Å². The first-order valence-electron chi connectivity index (χ1n) is 5.63. The highest BCUT2D eigenvalue weighted by Gasteiger charge is 2.53. The molecule has 2 aliphatic heterocycles. The third-order valence-electron chi connectivity index (χ3n) is 3.28. The summed E-state index contributed by atoms with van der Waals surface area (Å²) in [6, 6.07) is 5.78. The van der Waals surface area contributed by atoms with Crippen molar-refractivity contribution in [2.75, 3.05) is 4.90 Å². The molecule has 0 bridgehead atoms. The zero-order chi connectivity index (χ0) is 12.9. The van der Waals surface area contributed by atoms with E-state index in [0.717, 1.165) is 4.90 Å². The van der Waals surface area contributed by atoms with E-state index in [0.29, 0.717) is 10.7 Å². The van der Waals surface area contributed by atoms with E-state index in [1.807, 2.05) is 0 Å². The summed E-state index contributed by atoms with van der Waals surface area (Å²) in [6.45, 7) is 1.79. The van der Waals surface area contributed by atoms with Crippen LogP contribution in [0.3, 0.4) is 0 Å². The molecular formula is C12H10ClN3O2. The molecule has 3 rings (SSSR count). The first-order valence-corrected chi connectivity index (χ1v) is 6.01. The van der Waals surface area contributed by atoms with Crippen LogP contribution in [0, 0.1) is 5.92 Å². The number of amides is 2. The van der Waals surface area contributed by atoms with Crippen LogP contribution >= 0.6 is 11.6 Å². The monoisotopic (exact) mass is 263 g/mol. The van der Waals surface area contributed by atoms with Crippen LogP contribution in [0.15, 0.2) is 34.5 Å². The molecule has 0 aromatic heterocycles. The molecule has 0 spiro atoms. The van der Waals surface area contributed by atoms with Gasteiger partial charge in [0, 0.05) is 5.02 Å². The molecule has 3 unspecified atom stereocenters. The lowest BCUT2D eigenvalue weighted by molar-refractivity contribution is -0.122. The fraction of sp³-hybridized carbons (Fsp3) is 0.333. The second-order valence-corrected chi connectivity index (χ2v) is 4.87. The molecule has 0 saturated carbocycles. The lowest BCUT2D eigenvalue weighted by atomic mass is 9.98. The molecule has 6 heteroatoms. The number of halogens is 1. The number of hydrogen-bond donors (Lipinski definition) is 0. The van der Waals surface area contributed by atoms with Crippen molar-refractivity contribution in [3.8, 4) is 0 Å². The van der Waals surface area contributed by atoms with E-state index < -0.39 is 12.0 Å². The van der Waals surface area contributed by atoms with Gasteiger partial charge >= 0.3 is 0 Å². The molecule has 1 fully saturated rings. The Hall–Kier alpha value is -1.75. The number of benzene rings is 1. The number of hydrogen-bond acceptors (Lipinski definition) is 4. The lowest BCUT2D eigenvalue weighted by Gasteiger charge is -2.15. The van der Waals surface area contributed by atoms with Gasteiger partial charge in [-0.1, -0.05) is 17.7 Å². The van der Waals surface area contributed by atoms with Crippen LogP contribution in [0.2, 0.25) is 5.02 Å². The average Bonchev–Trinajstić information content (AvgIpc) is 2.81. The van der Waals surface area contributed by atoms with Crippen molar-refractivity contribution in [3.05, 3.63) is 29.3 Å². The van der Waals surface area contributed by atoms with Crippen LogP contribution in [0.5, 0.6) is 0 Å². The number of azo groups is 1. The molecule has 1 aromatic rings. The third-order valence-corrected chi connectivity index (χ3v) is 3.51. The van der Waals surface area contributed by atoms with Gasteiger partial charge < -0.3 is 0 Å². The molecule has 2 aliphatic rings. The first-order chi connectivity index (χ1) is 8.59. The number of imide groups is 1. The van der Waals surface area contributed by atoms with Gasteiger partial charge in [-0.3, -0.25) is 9.59 Å². The van der Waals surface area contributed by atoms with Crippen molar-refractivity contribution in [1.29, 1.82) is 0 Å². The van der Waals surface area contributed by atoms with E-state index in [4.69, 9.17) is 11.6 Å². The normalized spacial score (nSPS) is 30.1. The molecule has 3 atom stereocenters. The van der Waals surface area contributed by atoms with Gasteiger partial charge in [-0.2, -0.15) is 10.2 Å². The van der Waals surface area contributed by atoms with Gasteiger partial charge in [-0.05, 0) is 25.1 Å². The van der Waals surface area contributed by atoms with Crippen LogP contribution in [0.25, 0.3) is 0 Å². The number of anilines is 1. The highest BCUT2D eigenvalue weighted by Crippen LogP contribution is 2.36. The Kier molecular flexibility index (Phi) is 2.45. The van der Waals surface area contributed by atoms with E-state index in [-0.39, 0.29) is 17.9 Å². The Morgan fingerprint density at radius 1 is 1.22 bits per heavy atom. The third kappa shape index (κ3) is 1.47. The summed E-state index contributed by atoms with van der Waals surface area (Å²) in [6.07, 6.45) is 0. The molecule has 92 valence electrons. The molecule has 0 N–H and O–H groups in total. The largest absolute Gasteiger partial charge is 0.274 e. The van der Waals surface area contributed by atoms with Crippen LogP contribution in [-0.2, 0) is 9.59 Å². The maximum Gasteiger partial charge on any atom is 0.261 e. The topological polar surface area (TPSA) is 62.1 Å². The van der Waals surface area contributed by atoms with Crippen molar-refractivity contribution in [2.45, 2.75) is 19.0 Å². The smallest absolute Gasteiger partial charge is 0.261 e. The zero-order valence-corrected chi connectivity index (χ0v) is 10.3. The summed E-state index contributed by atoms with van der Waals surface area (Å²) in [5, 5.41) is 8.27.